The van der Waals surface area contributed by atoms with E-state index in [1.54, 1.807) is 10.7 Å². The molecule has 0 radical (unpaired) electrons. The summed E-state index contributed by atoms with van der Waals surface area (Å²) in [6, 6.07) is 19.8. The zero-order chi connectivity index (χ0) is 34.2. The molecule has 254 valence electrons. The van der Waals surface area contributed by atoms with Crippen molar-refractivity contribution < 1.29 is 14.6 Å². The highest BCUT2D eigenvalue weighted by Gasteiger charge is 2.29. The summed E-state index contributed by atoms with van der Waals surface area (Å²) >= 11 is 6.72. The zero-order valence-electron chi connectivity index (χ0n) is 28.4. The molecular weight excluding hydrogens is 628 g/mol. The maximum Gasteiger partial charge on any atom is 0.227 e. The number of hydrogen-bond donors (Lipinski definition) is 1. The number of imidazole rings is 1. The van der Waals surface area contributed by atoms with E-state index in [2.05, 4.69) is 70.4 Å². The minimum absolute atomic E-state index is 0.199. The van der Waals surface area contributed by atoms with Gasteiger partial charge in [-0.2, -0.15) is 9.41 Å². The second kappa shape index (κ2) is 16.3. The maximum atomic E-state index is 13.2. The highest BCUT2D eigenvalue weighted by atomic mass is 35.5. The molecule has 12 heteroatoms. The van der Waals surface area contributed by atoms with Gasteiger partial charge in [0.05, 0.1) is 5.69 Å². The van der Waals surface area contributed by atoms with Crippen molar-refractivity contribution in [2.24, 2.45) is 0 Å². The Bertz CT molecular complexity index is 1780. The fourth-order valence-electron chi connectivity index (χ4n) is 5.96. The summed E-state index contributed by atoms with van der Waals surface area (Å²) in [5, 5.41) is 37.4. The van der Waals surface area contributed by atoms with Gasteiger partial charge in [0.2, 0.25) is 5.69 Å². The first-order valence-electron chi connectivity index (χ1n) is 16.7. The summed E-state index contributed by atoms with van der Waals surface area (Å²) in [7, 11) is 0. The second-order valence-electron chi connectivity index (χ2n) is 11.8. The molecule has 0 spiro atoms. The molecule has 0 saturated carbocycles. The van der Waals surface area contributed by atoms with E-state index in [0.29, 0.717) is 37.6 Å². The molecule has 48 heavy (non-hydrogen) atoms. The molecule has 0 saturated heterocycles. The Hall–Kier alpha value is -4.16. The molecule has 3 aromatic heterocycles. The summed E-state index contributed by atoms with van der Waals surface area (Å²) in [6.07, 6.45) is 2.57. The first-order chi connectivity index (χ1) is 23.3. The second-order valence-corrected chi connectivity index (χ2v) is 12.1. The lowest BCUT2D eigenvalue weighted by Gasteiger charge is -2.19. The third-order valence-electron chi connectivity index (χ3n) is 8.66. The highest BCUT2D eigenvalue weighted by molar-refractivity contribution is 6.30. The number of aryl methyl sites for hydroxylation is 1. The van der Waals surface area contributed by atoms with Crippen molar-refractivity contribution in [3.8, 4) is 22.5 Å². The van der Waals surface area contributed by atoms with Crippen LogP contribution in [0.4, 0.5) is 0 Å². The average Bonchev–Trinajstić information content (AvgIpc) is 3.71. The summed E-state index contributed by atoms with van der Waals surface area (Å²) in [4.78, 5) is 6.89. The summed E-state index contributed by atoms with van der Waals surface area (Å²) in [6.45, 7) is 13.6. The first kappa shape index (κ1) is 35.2. The molecule has 2 aromatic carbocycles. The number of tetrazole rings is 1. The molecule has 0 aliphatic rings. The molecule has 5 rings (SSSR count). The topological polar surface area (TPSA) is 121 Å². The van der Waals surface area contributed by atoms with Crippen molar-refractivity contribution in [1.29, 1.82) is 0 Å². The Labute approximate surface area is 287 Å². The fraction of sp³-hybridized carbons (Fsp3) is 0.417. The largest absolute Gasteiger partial charge is 0.618 e. The van der Waals surface area contributed by atoms with Crippen molar-refractivity contribution in [2.75, 3.05) is 19.7 Å². The SMILES string of the molecule is CCCCc1nc(Cl)c(C(O)c2ccc(CN(CC)CC)c[n+]2[O-])n1Cc1ccc(-c2ccccc2-c2nnnn2C(C)OCC)cc1. The average molecular weight is 673 g/mol. The van der Waals surface area contributed by atoms with Gasteiger partial charge in [0.1, 0.15) is 5.82 Å². The molecule has 2 unspecified atom stereocenters. The monoisotopic (exact) mass is 672 g/mol. The van der Waals surface area contributed by atoms with Crippen molar-refractivity contribution in [1.82, 2.24) is 34.7 Å². The van der Waals surface area contributed by atoms with E-state index in [1.165, 1.54) is 6.20 Å². The standard InChI is InChI=1S/C36H45ClN8O3/c1-6-10-15-32-38-35(37)33(34(46)31-21-18-27(24-44(31)47)22-42(7-2)8-3)43(32)23-26-16-19-28(20-17-26)29-13-11-12-14-30(29)36-39-40-41-45(36)25(5)48-9-4/h11-14,16-21,24-25,34,46H,6-10,15,22-23H2,1-5H3. The molecule has 3 heterocycles. The van der Waals surface area contributed by atoms with Crippen molar-refractivity contribution in [3.63, 3.8) is 0 Å². The van der Waals surface area contributed by atoms with Crippen LogP contribution in [0, 0.1) is 5.21 Å². The number of aliphatic hydroxyl groups excluding tert-OH is 1. The van der Waals surface area contributed by atoms with E-state index in [9.17, 15) is 10.3 Å². The van der Waals surface area contributed by atoms with E-state index in [4.69, 9.17) is 16.3 Å². The van der Waals surface area contributed by atoms with E-state index in [-0.39, 0.29) is 17.1 Å². The lowest BCUT2D eigenvalue weighted by Crippen LogP contribution is -2.35. The smallest absolute Gasteiger partial charge is 0.227 e. The van der Waals surface area contributed by atoms with Gasteiger partial charge >= 0.3 is 0 Å². The summed E-state index contributed by atoms with van der Waals surface area (Å²) in [5.41, 5.74) is 5.37. The van der Waals surface area contributed by atoms with Crippen LogP contribution < -0.4 is 4.73 Å². The molecule has 2 atom stereocenters. The first-order valence-corrected chi connectivity index (χ1v) is 17.1. The van der Waals surface area contributed by atoms with E-state index < -0.39 is 6.10 Å². The number of rotatable bonds is 16. The van der Waals surface area contributed by atoms with Crippen molar-refractivity contribution in [3.05, 3.63) is 106 Å². The van der Waals surface area contributed by atoms with E-state index >= 15 is 0 Å². The lowest BCUT2D eigenvalue weighted by molar-refractivity contribution is -0.618. The van der Waals surface area contributed by atoms with Gasteiger partial charge in [0.25, 0.3) is 0 Å². The number of hydrogen-bond acceptors (Lipinski definition) is 8. The number of nitrogens with zero attached hydrogens (tertiary/aromatic N) is 8. The molecule has 11 nitrogen and oxygen atoms in total. The van der Waals surface area contributed by atoms with Crippen LogP contribution in [-0.2, 0) is 24.2 Å². The molecule has 0 aliphatic heterocycles. The van der Waals surface area contributed by atoms with Gasteiger partial charge in [-0.15, -0.1) is 5.10 Å². The van der Waals surface area contributed by atoms with E-state index in [0.717, 1.165) is 64.3 Å². The lowest BCUT2D eigenvalue weighted by atomic mass is 9.98. The van der Waals surface area contributed by atoms with Gasteiger partial charge in [0, 0.05) is 43.3 Å². The third-order valence-corrected chi connectivity index (χ3v) is 8.94. The molecule has 0 bridgehead atoms. The van der Waals surface area contributed by atoms with Crippen molar-refractivity contribution >= 4 is 11.6 Å². The number of ether oxygens (including phenoxy) is 1. The van der Waals surface area contributed by atoms with Crippen LogP contribution in [0.1, 0.15) is 88.1 Å². The normalized spacial score (nSPS) is 12.9. The number of benzene rings is 2. The predicted octanol–water partition coefficient (Wildman–Crippen LogP) is 6.36. The van der Waals surface area contributed by atoms with Gasteiger partial charge < -0.3 is 19.6 Å². The van der Waals surface area contributed by atoms with Crippen LogP contribution in [0.15, 0.2) is 66.9 Å². The number of unbranched alkanes of at least 4 members (excludes halogenated alkanes) is 1. The highest BCUT2D eigenvalue weighted by Crippen LogP contribution is 2.33. The maximum absolute atomic E-state index is 13.2. The summed E-state index contributed by atoms with van der Waals surface area (Å²) in [5.74, 6) is 1.40. The predicted molar refractivity (Wildman–Crippen MR) is 186 cm³/mol. The quantitative estimate of drug-likeness (QED) is 0.0950. The Morgan fingerprint density at radius 3 is 2.35 bits per heavy atom. The Kier molecular flexibility index (Phi) is 11.9. The minimum Gasteiger partial charge on any atom is -0.618 e. The number of halogens is 1. The van der Waals surface area contributed by atoms with E-state index in [1.807, 2.05) is 48.7 Å². The van der Waals surface area contributed by atoms with Crippen LogP contribution in [0.2, 0.25) is 5.15 Å². The molecule has 0 aliphatic carbocycles. The van der Waals surface area contributed by atoms with Gasteiger partial charge in [-0.1, -0.05) is 87.3 Å². The van der Waals surface area contributed by atoms with Gasteiger partial charge in [-0.05, 0) is 66.5 Å². The minimum atomic E-state index is -1.25. The van der Waals surface area contributed by atoms with Crippen molar-refractivity contribution in [2.45, 2.75) is 79.3 Å². The fourth-order valence-corrected chi connectivity index (χ4v) is 6.26. The molecule has 1 N–H and O–H groups in total. The van der Waals surface area contributed by atoms with Crippen LogP contribution in [-0.4, -0.2) is 59.5 Å². The van der Waals surface area contributed by atoms with Crippen LogP contribution in [0.3, 0.4) is 0 Å². The molecule has 0 amide bonds. The molecular formula is C36H45ClN8O3. The Morgan fingerprint density at radius 2 is 1.69 bits per heavy atom. The van der Waals surface area contributed by atoms with Gasteiger partial charge in [-0.25, -0.2) is 4.98 Å². The Morgan fingerprint density at radius 1 is 0.979 bits per heavy atom. The number of aliphatic hydroxyl groups is 1. The van der Waals surface area contributed by atoms with Crippen LogP contribution >= 0.6 is 11.6 Å². The molecule has 5 aromatic rings. The van der Waals surface area contributed by atoms with Crippen LogP contribution in [0.5, 0.6) is 0 Å². The number of aromatic nitrogens is 7. The van der Waals surface area contributed by atoms with Gasteiger partial charge in [0.15, 0.2) is 29.5 Å². The van der Waals surface area contributed by atoms with Crippen LogP contribution in [0.25, 0.3) is 22.5 Å². The molecule has 0 fully saturated rings. The number of pyridine rings is 1. The zero-order valence-corrected chi connectivity index (χ0v) is 29.1. The van der Waals surface area contributed by atoms with Gasteiger partial charge in [-0.3, -0.25) is 4.90 Å². The Balaban J connectivity index is 1.45. The third kappa shape index (κ3) is 7.76. The summed E-state index contributed by atoms with van der Waals surface area (Å²) < 4.78 is 10.2.